The molecule has 9 heteroatoms. The highest BCUT2D eigenvalue weighted by molar-refractivity contribution is 7.89. The SMILES string of the molecule is CN(C)c1ccc(S(=O)(=O)N(C)C)cc1NC(=O)Cc1ccc(N)cc1.Cl. The largest absolute Gasteiger partial charge is 0.399 e. The number of hydrogen-bond donors (Lipinski definition) is 2. The third-order valence-electron chi connectivity index (χ3n) is 3.85. The molecule has 0 saturated heterocycles. The molecule has 3 N–H and O–H groups in total. The third-order valence-corrected chi connectivity index (χ3v) is 5.66. The molecule has 27 heavy (non-hydrogen) atoms. The summed E-state index contributed by atoms with van der Waals surface area (Å²) in [6.45, 7) is 0. The maximum Gasteiger partial charge on any atom is 0.242 e. The van der Waals surface area contributed by atoms with E-state index in [9.17, 15) is 13.2 Å². The number of nitrogens with two attached hydrogens (primary N) is 1. The zero-order chi connectivity index (χ0) is 19.5. The Balaban J connectivity index is 0.00000364. The van der Waals surface area contributed by atoms with Crippen LogP contribution in [-0.4, -0.2) is 46.8 Å². The Kier molecular flexibility index (Phi) is 7.65. The second-order valence-corrected chi connectivity index (χ2v) is 8.48. The van der Waals surface area contributed by atoms with Crippen molar-refractivity contribution in [1.29, 1.82) is 0 Å². The van der Waals surface area contributed by atoms with E-state index in [0.717, 1.165) is 9.87 Å². The molecule has 0 atom stereocenters. The summed E-state index contributed by atoms with van der Waals surface area (Å²) in [6.07, 6.45) is 0.164. The van der Waals surface area contributed by atoms with Crippen LogP contribution in [-0.2, 0) is 21.2 Å². The molecule has 1 amide bonds. The lowest BCUT2D eigenvalue weighted by atomic mass is 10.1. The smallest absolute Gasteiger partial charge is 0.242 e. The normalized spacial score (nSPS) is 11.0. The fourth-order valence-electron chi connectivity index (χ4n) is 2.39. The fourth-order valence-corrected chi connectivity index (χ4v) is 3.32. The van der Waals surface area contributed by atoms with Gasteiger partial charge in [0, 0.05) is 33.9 Å². The van der Waals surface area contributed by atoms with Crippen LogP contribution >= 0.6 is 12.4 Å². The molecule has 0 fully saturated rings. The number of nitrogen functional groups attached to an aromatic ring is 1. The van der Waals surface area contributed by atoms with E-state index in [0.29, 0.717) is 17.1 Å². The number of nitrogens with zero attached hydrogens (tertiary/aromatic N) is 2. The van der Waals surface area contributed by atoms with Gasteiger partial charge in [0.2, 0.25) is 15.9 Å². The van der Waals surface area contributed by atoms with Crippen LogP contribution in [0.2, 0.25) is 0 Å². The number of halogens is 1. The Hall–Kier alpha value is -2.29. The van der Waals surface area contributed by atoms with Crippen molar-refractivity contribution in [2.75, 3.05) is 44.1 Å². The summed E-state index contributed by atoms with van der Waals surface area (Å²) in [6, 6.07) is 11.7. The molecule has 7 nitrogen and oxygen atoms in total. The van der Waals surface area contributed by atoms with Gasteiger partial charge in [-0.05, 0) is 35.9 Å². The predicted octanol–water partition coefficient (Wildman–Crippen LogP) is 2.19. The van der Waals surface area contributed by atoms with E-state index < -0.39 is 10.0 Å². The quantitative estimate of drug-likeness (QED) is 0.709. The van der Waals surface area contributed by atoms with E-state index in [4.69, 9.17) is 5.73 Å². The van der Waals surface area contributed by atoms with Crippen molar-refractivity contribution in [2.24, 2.45) is 0 Å². The van der Waals surface area contributed by atoms with Crippen LogP contribution in [0.25, 0.3) is 0 Å². The molecule has 2 aromatic rings. The van der Waals surface area contributed by atoms with Gasteiger partial charge < -0.3 is 16.0 Å². The minimum absolute atomic E-state index is 0. The number of sulfonamides is 1. The molecule has 0 aliphatic heterocycles. The van der Waals surface area contributed by atoms with Crippen molar-refractivity contribution in [3.63, 3.8) is 0 Å². The van der Waals surface area contributed by atoms with Gasteiger partial charge >= 0.3 is 0 Å². The van der Waals surface area contributed by atoms with Gasteiger partial charge in [0.05, 0.1) is 22.7 Å². The second-order valence-electron chi connectivity index (χ2n) is 6.33. The molecule has 0 aliphatic rings. The van der Waals surface area contributed by atoms with Crippen LogP contribution < -0.4 is 16.0 Å². The predicted molar refractivity (Wildman–Crippen MR) is 112 cm³/mol. The van der Waals surface area contributed by atoms with E-state index >= 15 is 0 Å². The van der Waals surface area contributed by atoms with E-state index in [-0.39, 0.29) is 29.6 Å². The lowest BCUT2D eigenvalue weighted by Gasteiger charge is -2.20. The summed E-state index contributed by atoms with van der Waals surface area (Å²) in [5.74, 6) is -0.239. The topological polar surface area (TPSA) is 95.7 Å². The van der Waals surface area contributed by atoms with E-state index in [1.54, 1.807) is 30.3 Å². The summed E-state index contributed by atoms with van der Waals surface area (Å²) >= 11 is 0. The highest BCUT2D eigenvalue weighted by Crippen LogP contribution is 2.28. The number of hydrogen-bond acceptors (Lipinski definition) is 5. The number of carbonyl (C=O) groups excluding carboxylic acids is 1. The minimum Gasteiger partial charge on any atom is -0.399 e. The van der Waals surface area contributed by atoms with Crippen LogP contribution in [0.4, 0.5) is 17.1 Å². The zero-order valence-electron chi connectivity index (χ0n) is 15.8. The maximum absolute atomic E-state index is 12.4. The van der Waals surface area contributed by atoms with Crippen molar-refractivity contribution in [1.82, 2.24) is 4.31 Å². The first kappa shape index (κ1) is 22.8. The molecule has 0 heterocycles. The van der Waals surface area contributed by atoms with Crippen LogP contribution in [0.3, 0.4) is 0 Å². The Morgan fingerprint density at radius 1 is 1.04 bits per heavy atom. The lowest BCUT2D eigenvalue weighted by Crippen LogP contribution is -2.23. The van der Waals surface area contributed by atoms with Crippen LogP contribution in [0.5, 0.6) is 0 Å². The second kappa shape index (κ2) is 9.07. The number of nitrogens with one attached hydrogen (secondary N) is 1. The Morgan fingerprint density at radius 3 is 2.15 bits per heavy atom. The lowest BCUT2D eigenvalue weighted by molar-refractivity contribution is -0.115. The van der Waals surface area contributed by atoms with Crippen LogP contribution in [0.15, 0.2) is 47.4 Å². The highest BCUT2D eigenvalue weighted by Gasteiger charge is 2.20. The summed E-state index contributed by atoms with van der Waals surface area (Å²) in [7, 11) is 2.99. The maximum atomic E-state index is 12.4. The molecule has 2 aromatic carbocycles. The molecule has 2 rings (SSSR count). The molecule has 0 aliphatic carbocycles. The fraction of sp³-hybridized carbons (Fsp3) is 0.278. The number of rotatable bonds is 6. The van der Waals surface area contributed by atoms with Gasteiger partial charge in [0.15, 0.2) is 0 Å². The zero-order valence-corrected chi connectivity index (χ0v) is 17.4. The molecule has 0 saturated carbocycles. The molecular weight excluding hydrogens is 388 g/mol. The number of amides is 1. The van der Waals surface area contributed by atoms with Crippen LogP contribution in [0, 0.1) is 0 Å². The number of carbonyl (C=O) groups is 1. The first-order valence-electron chi connectivity index (χ1n) is 7.99. The first-order chi connectivity index (χ1) is 12.1. The van der Waals surface area contributed by atoms with Crippen molar-refractivity contribution < 1.29 is 13.2 Å². The standard InChI is InChI=1S/C18H24N4O3S.ClH/c1-21(2)17-10-9-15(26(24,25)22(3)4)12-16(17)20-18(23)11-13-5-7-14(19)8-6-13;/h5-10,12H,11,19H2,1-4H3,(H,20,23);1H. The van der Waals surface area contributed by atoms with Crippen molar-refractivity contribution >= 4 is 45.4 Å². The van der Waals surface area contributed by atoms with Gasteiger partial charge in [-0.15, -0.1) is 12.4 Å². The molecule has 0 bridgehead atoms. The summed E-state index contributed by atoms with van der Waals surface area (Å²) in [4.78, 5) is 14.3. The average molecular weight is 413 g/mol. The number of anilines is 3. The Labute approximate surface area is 166 Å². The minimum atomic E-state index is -3.59. The van der Waals surface area contributed by atoms with Crippen molar-refractivity contribution in [2.45, 2.75) is 11.3 Å². The third kappa shape index (κ3) is 5.59. The van der Waals surface area contributed by atoms with Gasteiger partial charge in [-0.25, -0.2) is 12.7 Å². The number of benzene rings is 2. The average Bonchev–Trinajstić information content (AvgIpc) is 2.56. The molecule has 0 spiro atoms. The molecule has 0 aromatic heterocycles. The van der Waals surface area contributed by atoms with Gasteiger partial charge in [0.25, 0.3) is 0 Å². The van der Waals surface area contributed by atoms with Gasteiger partial charge in [-0.1, -0.05) is 12.1 Å². The summed E-state index contributed by atoms with van der Waals surface area (Å²) in [5.41, 5.74) is 8.26. The van der Waals surface area contributed by atoms with Gasteiger partial charge in [-0.2, -0.15) is 0 Å². The van der Waals surface area contributed by atoms with Crippen LogP contribution in [0.1, 0.15) is 5.56 Å². The van der Waals surface area contributed by atoms with Crippen molar-refractivity contribution in [3.8, 4) is 0 Å². The highest BCUT2D eigenvalue weighted by atomic mass is 35.5. The molecule has 0 radical (unpaired) electrons. The monoisotopic (exact) mass is 412 g/mol. The van der Waals surface area contributed by atoms with Gasteiger partial charge in [0.1, 0.15) is 0 Å². The Morgan fingerprint density at radius 2 is 1.63 bits per heavy atom. The van der Waals surface area contributed by atoms with E-state index in [1.807, 2.05) is 19.0 Å². The molecular formula is C18H25ClN4O3S. The molecule has 148 valence electrons. The molecule has 0 unspecified atom stereocenters. The van der Waals surface area contributed by atoms with E-state index in [1.165, 1.54) is 26.2 Å². The van der Waals surface area contributed by atoms with Crippen molar-refractivity contribution in [3.05, 3.63) is 48.0 Å². The van der Waals surface area contributed by atoms with Gasteiger partial charge in [-0.3, -0.25) is 4.79 Å². The summed E-state index contributed by atoms with van der Waals surface area (Å²) in [5, 5.41) is 2.81. The Bertz CT molecular complexity index is 897. The first-order valence-corrected chi connectivity index (χ1v) is 9.43. The summed E-state index contributed by atoms with van der Waals surface area (Å²) < 4.78 is 25.9. The van der Waals surface area contributed by atoms with E-state index in [2.05, 4.69) is 5.32 Å².